The third-order valence-electron chi connectivity index (χ3n) is 3.73. The molecule has 0 heterocycles. The second-order valence-corrected chi connectivity index (χ2v) is 7.28. The topological polar surface area (TPSA) is 151 Å². The number of rotatable bonds is 10. The average molecular weight is 372 g/mol. The van der Waals surface area contributed by atoms with E-state index in [0.29, 0.717) is 0 Å². The van der Waals surface area contributed by atoms with Crippen LogP contribution in [0.15, 0.2) is 0 Å². The lowest BCUT2D eigenvalue weighted by Crippen LogP contribution is -2.57. The molecule has 0 aliphatic heterocycles. The molecule has 0 radical (unpaired) electrons. The van der Waals surface area contributed by atoms with E-state index in [4.69, 9.17) is 5.73 Å². The Labute approximate surface area is 154 Å². The zero-order valence-corrected chi connectivity index (χ0v) is 16.3. The van der Waals surface area contributed by atoms with Gasteiger partial charge in [0, 0.05) is 0 Å². The first kappa shape index (κ1) is 23.8. The Hall–Kier alpha value is -2.16. The summed E-state index contributed by atoms with van der Waals surface area (Å²) in [5, 5.41) is 16.7. The lowest BCUT2D eigenvalue weighted by atomic mass is 10.0. The molecule has 150 valence electrons. The Bertz CT molecular complexity index is 519. The maximum atomic E-state index is 12.4. The fourth-order valence-electron chi connectivity index (χ4n) is 2.18. The molecule has 3 amide bonds. The Morgan fingerprint density at radius 2 is 1.38 bits per heavy atom. The van der Waals surface area contributed by atoms with E-state index in [1.54, 1.807) is 13.8 Å². The third-order valence-corrected chi connectivity index (χ3v) is 3.73. The van der Waals surface area contributed by atoms with Crippen LogP contribution in [0.4, 0.5) is 0 Å². The molecule has 0 aliphatic rings. The number of carbonyl (C=O) groups excluding carboxylic acids is 3. The van der Waals surface area contributed by atoms with Crippen LogP contribution in [0.2, 0.25) is 0 Å². The van der Waals surface area contributed by atoms with Crippen molar-refractivity contribution in [3.8, 4) is 0 Å². The van der Waals surface area contributed by atoms with Gasteiger partial charge in [-0.05, 0) is 32.1 Å². The first-order valence-corrected chi connectivity index (χ1v) is 8.76. The van der Waals surface area contributed by atoms with Crippen molar-refractivity contribution in [2.45, 2.75) is 72.1 Å². The summed E-state index contributed by atoms with van der Waals surface area (Å²) in [6, 6.07) is -3.60. The summed E-state index contributed by atoms with van der Waals surface area (Å²) in [5.74, 6) is -2.88. The van der Waals surface area contributed by atoms with Gasteiger partial charge < -0.3 is 26.8 Å². The lowest BCUT2D eigenvalue weighted by molar-refractivity contribution is -0.142. The fourth-order valence-corrected chi connectivity index (χ4v) is 2.18. The number of hydrogen-bond donors (Lipinski definition) is 5. The molecule has 0 spiro atoms. The first-order valence-electron chi connectivity index (χ1n) is 8.76. The molecule has 0 bridgehead atoms. The molecule has 4 atom stereocenters. The van der Waals surface area contributed by atoms with Gasteiger partial charge in [0.1, 0.15) is 18.1 Å². The van der Waals surface area contributed by atoms with Crippen LogP contribution in [0.1, 0.15) is 48.0 Å². The summed E-state index contributed by atoms with van der Waals surface area (Å²) in [6.07, 6.45) is 0.279. The highest BCUT2D eigenvalue weighted by Crippen LogP contribution is 2.06. The van der Waals surface area contributed by atoms with Crippen molar-refractivity contribution in [2.24, 2.45) is 17.6 Å². The Morgan fingerprint density at radius 3 is 1.77 bits per heavy atom. The Balaban J connectivity index is 4.90. The minimum atomic E-state index is -1.13. The van der Waals surface area contributed by atoms with Gasteiger partial charge in [-0.15, -0.1) is 0 Å². The normalized spacial score (nSPS) is 15.7. The van der Waals surface area contributed by atoms with Gasteiger partial charge in [-0.25, -0.2) is 4.79 Å². The van der Waals surface area contributed by atoms with Crippen LogP contribution in [-0.4, -0.2) is 53.0 Å². The second-order valence-electron chi connectivity index (χ2n) is 7.28. The maximum absolute atomic E-state index is 12.4. The minimum absolute atomic E-state index is 0.0834. The van der Waals surface area contributed by atoms with Crippen molar-refractivity contribution in [3.05, 3.63) is 0 Å². The van der Waals surface area contributed by atoms with E-state index in [1.165, 1.54) is 13.8 Å². The van der Waals surface area contributed by atoms with Crippen LogP contribution in [0.3, 0.4) is 0 Å². The molecule has 0 aliphatic carbocycles. The predicted molar refractivity (Wildman–Crippen MR) is 97.0 cm³/mol. The zero-order chi connectivity index (χ0) is 20.6. The molecule has 9 heteroatoms. The van der Waals surface area contributed by atoms with Gasteiger partial charge >= 0.3 is 5.97 Å². The van der Waals surface area contributed by atoms with E-state index in [0.717, 1.165) is 0 Å². The highest BCUT2D eigenvalue weighted by Gasteiger charge is 2.29. The molecule has 0 unspecified atom stereocenters. The summed E-state index contributed by atoms with van der Waals surface area (Å²) in [5.41, 5.74) is 5.49. The van der Waals surface area contributed by atoms with Gasteiger partial charge in [0.05, 0.1) is 6.04 Å². The molecule has 0 rings (SSSR count). The van der Waals surface area contributed by atoms with Crippen molar-refractivity contribution < 1.29 is 24.3 Å². The summed E-state index contributed by atoms with van der Waals surface area (Å²) < 4.78 is 0. The van der Waals surface area contributed by atoms with Gasteiger partial charge in [0.25, 0.3) is 0 Å². The molecular weight excluding hydrogens is 340 g/mol. The zero-order valence-electron chi connectivity index (χ0n) is 16.3. The standard InChI is InChI=1S/C17H32N4O5/c1-8(2)7-12(17(25)26)20-15(23)11(6)19-16(24)13(9(3)4)21-14(22)10(5)18/h8-13H,7,18H2,1-6H3,(H,19,24)(H,20,23)(H,21,22)(H,25,26)/t10-,11-,12-,13-/m0/s1. The number of aliphatic carboxylic acids is 1. The van der Waals surface area contributed by atoms with Crippen molar-refractivity contribution >= 4 is 23.7 Å². The van der Waals surface area contributed by atoms with E-state index in [2.05, 4.69) is 16.0 Å². The third kappa shape index (κ3) is 8.28. The van der Waals surface area contributed by atoms with Crippen LogP contribution in [0.25, 0.3) is 0 Å². The van der Waals surface area contributed by atoms with Crippen LogP contribution in [0.5, 0.6) is 0 Å². The van der Waals surface area contributed by atoms with E-state index in [1.807, 2.05) is 13.8 Å². The van der Waals surface area contributed by atoms with Crippen LogP contribution >= 0.6 is 0 Å². The lowest BCUT2D eigenvalue weighted by Gasteiger charge is -2.25. The summed E-state index contributed by atoms with van der Waals surface area (Å²) in [6.45, 7) is 10.1. The van der Waals surface area contributed by atoms with Gasteiger partial charge in [-0.1, -0.05) is 27.7 Å². The Morgan fingerprint density at radius 1 is 0.846 bits per heavy atom. The largest absolute Gasteiger partial charge is 0.480 e. The number of hydrogen-bond acceptors (Lipinski definition) is 5. The monoisotopic (exact) mass is 372 g/mol. The minimum Gasteiger partial charge on any atom is -0.480 e. The average Bonchev–Trinajstić information content (AvgIpc) is 2.50. The van der Waals surface area contributed by atoms with E-state index >= 15 is 0 Å². The number of carboxylic acids is 1. The highest BCUT2D eigenvalue weighted by atomic mass is 16.4. The summed E-state index contributed by atoms with van der Waals surface area (Å²) in [4.78, 5) is 47.6. The van der Waals surface area contributed by atoms with Gasteiger partial charge in [-0.3, -0.25) is 14.4 Å². The van der Waals surface area contributed by atoms with E-state index < -0.39 is 47.9 Å². The summed E-state index contributed by atoms with van der Waals surface area (Å²) >= 11 is 0. The molecule has 6 N–H and O–H groups in total. The van der Waals surface area contributed by atoms with Crippen molar-refractivity contribution in [2.75, 3.05) is 0 Å². The van der Waals surface area contributed by atoms with Crippen LogP contribution < -0.4 is 21.7 Å². The molecule has 0 saturated heterocycles. The highest BCUT2D eigenvalue weighted by molar-refractivity contribution is 5.93. The maximum Gasteiger partial charge on any atom is 0.326 e. The molecule has 0 aromatic rings. The van der Waals surface area contributed by atoms with E-state index in [-0.39, 0.29) is 18.3 Å². The molecule has 0 aromatic heterocycles. The molecule has 0 aromatic carbocycles. The number of carbonyl (C=O) groups is 4. The van der Waals surface area contributed by atoms with Gasteiger partial charge in [0.2, 0.25) is 17.7 Å². The van der Waals surface area contributed by atoms with E-state index in [9.17, 15) is 24.3 Å². The van der Waals surface area contributed by atoms with Crippen LogP contribution in [0, 0.1) is 11.8 Å². The number of nitrogens with one attached hydrogen (secondary N) is 3. The predicted octanol–water partition coefficient (Wildman–Crippen LogP) is -0.405. The fraction of sp³-hybridized carbons (Fsp3) is 0.765. The van der Waals surface area contributed by atoms with Gasteiger partial charge in [0.15, 0.2) is 0 Å². The second kappa shape index (κ2) is 10.7. The van der Waals surface area contributed by atoms with Gasteiger partial charge in [-0.2, -0.15) is 0 Å². The smallest absolute Gasteiger partial charge is 0.326 e. The van der Waals surface area contributed by atoms with Crippen molar-refractivity contribution in [1.82, 2.24) is 16.0 Å². The quantitative estimate of drug-likeness (QED) is 0.352. The first-order chi connectivity index (χ1) is 11.9. The summed E-state index contributed by atoms with van der Waals surface area (Å²) in [7, 11) is 0. The molecule has 0 saturated carbocycles. The number of carboxylic acid groups (broad SMARTS) is 1. The molecule has 0 fully saturated rings. The van der Waals surface area contributed by atoms with Crippen molar-refractivity contribution in [1.29, 1.82) is 0 Å². The SMILES string of the molecule is CC(C)C[C@H](NC(=O)[C@H](C)NC(=O)[C@@H](NC(=O)[C@H](C)N)C(C)C)C(=O)O. The molecule has 26 heavy (non-hydrogen) atoms. The molecule has 9 nitrogen and oxygen atoms in total. The van der Waals surface area contributed by atoms with Crippen LogP contribution in [-0.2, 0) is 19.2 Å². The number of amides is 3. The Kier molecular flexibility index (Phi) is 9.85. The number of nitrogens with two attached hydrogens (primary N) is 1. The molecular formula is C17H32N4O5. The van der Waals surface area contributed by atoms with Crippen molar-refractivity contribution in [3.63, 3.8) is 0 Å².